The number of aromatic nitrogens is 1. The van der Waals surface area contributed by atoms with E-state index < -0.39 is 45.6 Å². The number of fused-ring (bicyclic) bond motifs is 2. The van der Waals surface area contributed by atoms with E-state index in [1.54, 1.807) is 59.9 Å². The monoisotopic (exact) mass is 719 g/mol. The summed E-state index contributed by atoms with van der Waals surface area (Å²) in [6.45, 7) is 17.3. The predicted molar refractivity (Wildman–Crippen MR) is 193 cm³/mol. The Labute approximate surface area is 299 Å². The first-order valence-electron chi connectivity index (χ1n) is 18.3. The summed E-state index contributed by atoms with van der Waals surface area (Å²) in [5.74, 6) is 0.0215. The number of anilines is 1. The van der Waals surface area contributed by atoms with E-state index in [1.165, 1.54) is 0 Å². The fourth-order valence-electron chi connectivity index (χ4n) is 8.03. The van der Waals surface area contributed by atoms with E-state index in [4.69, 9.17) is 9.47 Å². The van der Waals surface area contributed by atoms with Crippen molar-refractivity contribution in [2.24, 2.45) is 22.7 Å². The van der Waals surface area contributed by atoms with Crippen LogP contribution in [-0.2, 0) is 35.7 Å². The highest BCUT2D eigenvalue weighted by Crippen LogP contribution is 2.65. The fourth-order valence-corrected chi connectivity index (χ4v) is 9.27. The molecule has 0 spiro atoms. The van der Waals surface area contributed by atoms with Gasteiger partial charge in [-0.1, -0.05) is 58.9 Å². The van der Waals surface area contributed by atoms with Gasteiger partial charge in [-0.15, -0.1) is 0 Å². The molecule has 3 aliphatic carbocycles. The SMILES string of the molecule is CC(C)(C)OC(=O)Nc1ccc(CCC(NS(=O)(=O)N[C@@H](CC2CCCCC2)C(=O)N[C@H]2C[C@H]3CC[C@]2(C)C3(C)C)C(=O)OC(C)(C)C)cn1. The molecule has 0 aromatic carbocycles. The van der Waals surface area contributed by atoms with Crippen LogP contribution in [0.1, 0.15) is 132 Å². The molecule has 4 N–H and O–H groups in total. The van der Waals surface area contributed by atoms with Crippen molar-refractivity contribution in [3.05, 3.63) is 23.9 Å². The topological polar surface area (TPSA) is 165 Å². The lowest BCUT2D eigenvalue weighted by molar-refractivity contribution is -0.157. The molecule has 3 saturated carbocycles. The third-order valence-corrected chi connectivity index (χ3v) is 12.4. The maximum Gasteiger partial charge on any atom is 0.413 e. The molecular weight excluding hydrogens is 659 g/mol. The van der Waals surface area contributed by atoms with Crippen LogP contribution in [0.25, 0.3) is 0 Å². The molecule has 1 aromatic heterocycles. The Morgan fingerprint density at radius 3 is 2.10 bits per heavy atom. The van der Waals surface area contributed by atoms with E-state index in [9.17, 15) is 22.8 Å². The number of aryl methyl sites for hydroxylation is 1. The standard InChI is InChI=1S/C37H61N5O7S/c1-34(2,3)48-32(44)27(17-15-25-16-18-30(38-23-25)40-33(45)49-35(4,5)6)41-50(46,47)42-28(21-24-13-11-10-12-14-24)31(43)39-29-22-26-19-20-37(29,9)36(26,7)8/h16,18,23-24,26-29,41-42H,10-15,17,19-22H2,1-9H3,(H,39,43)(H,38,40,45)/t26-,27?,28+,29+,37+/m1/s1. The van der Waals surface area contributed by atoms with Gasteiger partial charge < -0.3 is 14.8 Å². The Balaban J connectivity index is 1.46. The highest BCUT2D eigenvalue weighted by molar-refractivity contribution is 7.87. The van der Waals surface area contributed by atoms with Crippen LogP contribution in [-0.4, -0.2) is 60.7 Å². The third kappa shape index (κ3) is 10.6. The van der Waals surface area contributed by atoms with Gasteiger partial charge in [0.15, 0.2) is 0 Å². The van der Waals surface area contributed by atoms with Crippen molar-refractivity contribution in [1.82, 2.24) is 19.7 Å². The predicted octanol–water partition coefficient (Wildman–Crippen LogP) is 6.17. The van der Waals surface area contributed by atoms with Crippen LogP contribution in [0.3, 0.4) is 0 Å². The zero-order valence-corrected chi connectivity index (χ0v) is 32.4. The summed E-state index contributed by atoms with van der Waals surface area (Å²) < 4.78 is 43.6. The molecule has 5 atom stereocenters. The summed E-state index contributed by atoms with van der Waals surface area (Å²) in [5, 5.41) is 5.85. The fraction of sp³-hybridized carbons (Fsp3) is 0.784. The average molecular weight is 720 g/mol. The van der Waals surface area contributed by atoms with Crippen LogP contribution in [0, 0.1) is 22.7 Å². The largest absolute Gasteiger partial charge is 0.459 e. The van der Waals surface area contributed by atoms with Crippen LogP contribution >= 0.6 is 0 Å². The first-order valence-corrected chi connectivity index (χ1v) is 19.8. The van der Waals surface area contributed by atoms with Crippen molar-refractivity contribution in [2.75, 3.05) is 5.32 Å². The molecule has 2 amide bonds. The highest BCUT2D eigenvalue weighted by Gasteiger charge is 2.61. The van der Waals surface area contributed by atoms with E-state index in [1.807, 2.05) is 0 Å². The Bertz CT molecular complexity index is 1460. The maximum absolute atomic E-state index is 14.0. The number of nitrogens with one attached hydrogen (secondary N) is 4. The van der Waals surface area contributed by atoms with E-state index in [0.29, 0.717) is 18.2 Å². The van der Waals surface area contributed by atoms with Gasteiger partial charge in [-0.05, 0) is 114 Å². The number of hydrogen-bond acceptors (Lipinski definition) is 8. The van der Waals surface area contributed by atoms with Crippen molar-refractivity contribution in [3.63, 3.8) is 0 Å². The Hall–Kier alpha value is -2.77. The quantitative estimate of drug-likeness (QED) is 0.176. The molecule has 50 heavy (non-hydrogen) atoms. The number of carbonyl (C=O) groups excluding carboxylic acids is 3. The molecular formula is C37H61N5O7S. The van der Waals surface area contributed by atoms with E-state index in [0.717, 1.165) is 56.9 Å². The molecule has 2 bridgehead atoms. The summed E-state index contributed by atoms with van der Waals surface area (Å²) in [5.41, 5.74) is -0.750. The van der Waals surface area contributed by atoms with Gasteiger partial charge in [-0.25, -0.2) is 9.78 Å². The van der Waals surface area contributed by atoms with Crippen molar-refractivity contribution < 1.29 is 32.3 Å². The lowest BCUT2D eigenvalue weighted by atomic mass is 9.69. The minimum absolute atomic E-state index is 0.0242. The molecule has 3 aliphatic rings. The number of esters is 1. The second-order valence-corrected chi connectivity index (χ2v) is 19.0. The Kier molecular flexibility index (Phi) is 12.4. The number of pyridine rings is 1. The molecule has 3 fully saturated rings. The van der Waals surface area contributed by atoms with Gasteiger partial charge in [0.2, 0.25) is 5.91 Å². The first kappa shape index (κ1) is 40.0. The van der Waals surface area contributed by atoms with Gasteiger partial charge in [-0.2, -0.15) is 17.9 Å². The summed E-state index contributed by atoms with van der Waals surface area (Å²) in [6, 6.07) is 1.12. The molecule has 282 valence electrons. The number of rotatable bonds is 13. The van der Waals surface area contributed by atoms with E-state index in [2.05, 4.69) is 45.8 Å². The van der Waals surface area contributed by atoms with E-state index >= 15 is 0 Å². The number of carbonyl (C=O) groups is 3. The van der Waals surface area contributed by atoms with Crippen LogP contribution in [0.5, 0.6) is 0 Å². The van der Waals surface area contributed by atoms with Crippen molar-refractivity contribution >= 4 is 34.0 Å². The van der Waals surface area contributed by atoms with Gasteiger partial charge in [0.25, 0.3) is 10.2 Å². The molecule has 1 heterocycles. The number of nitrogens with zero attached hydrogens (tertiary/aromatic N) is 1. The lowest BCUT2D eigenvalue weighted by Crippen LogP contribution is -2.57. The smallest absolute Gasteiger partial charge is 0.413 e. The van der Waals surface area contributed by atoms with Crippen molar-refractivity contribution in [1.29, 1.82) is 0 Å². The van der Waals surface area contributed by atoms with Gasteiger partial charge in [0.1, 0.15) is 29.1 Å². The number of ether oxygens (including phenoxy) is 2. The van der Waals surface area contributed by atoms with Gasteiger partial charge >= 0.3 is 12.1 Å². The molecule has 1 unspecified atom stereocenters. The molecule has 12 nitrogen and oxygen atoms in total. The van der Waals surface area contributed by atoms with Crippen molar-refractivity contribution in [3.8, 4) is 0 Å². The minimum Gasteiger partial charge on any atom is -0.459 e. The van der Waals surface area contributed by atoms with Gasteiger partial charge in [0, 0.05) is 12.2 Å². The van der Waals surface area contributed by atoms with Crippen LogP contribution < -0.4 is 20.1 Å². The van der Waals surface area contributed by atoms with Crippen molar-refractivity contribution in [2.45, 2.75) is 162 Å². The van der Waals surface area contributed by atoms with Crippen LogP contribution in [0.2, 0.25) is 0 Å². The summed E-state index contributed by atoms with van der Waals surface area (Å²) in [6.07, 6.45) is 9.93. The zero-order valence-electron chi connectivity index (χ0n) is 31.6. The summed E-state index contributed by atoms with van der Waals surface area (Å²) in [4.78, 5) is 43.7. The molecule has 0 aliphatic heterocycles. The highest BCUT2D eigenvalue weighted by atomic mass is 32.2. The molecule has 0 saturated heterocycles. The third-order valence-electron chi connectivity index (χ3n) is 11.2. The number of hydrogen-bond donors (Lipinski definition) is 4. The van der Waals surface area contributed by atoms with Crippen LogP contribution in [0.4, 0.5) is 10.6 Å². The Morgan fingerprint density at radius 2 is 1.56 bits per heavy atom. The number of amides is 2. The molecule has 13 heteroatoms. The second kappa shape index (κ2) is 15.5. The zero-order chi connectivity index (χ0) is 37.1. The molecule has 4 rings (SSSR count). The second-order valence-electron chi connectivity index (χ2n) is 17.5. The van der Waals surface area contributed by atoms with Gasteiger partial charge in [0.05, 0.1) is 0 Å². The first-order chi connectivity index (χ1) is 23.1. The lowest BCUT2D eigenvalue weighted by Gasteiger charge is -2.40. The Morgan fingerprint density at radius 1 is 0.920 bits per heavy atom. The van der Waals surface area contributed by atoms with Gasteiger partial charge in [-0.3, -0.25) is 14.9 Å². The minimum atomic E-state index is -4.34. The van der Waals surface area contributed by atoms with Crippen LogP contribution in [0.15, 0.2) is 18.3 Å². The normalized spacial score (nSPS) is 25.1. The summed E-state index contributed by atoms with van der Waals surface area (Å²) >= 11 is 0. The maximum atomic E-state index is 14.0. The average Bonchev–Trinajstić information content (AvgIpc) is 3.32. The molecule has 0 radical (unpaired) electrons. The molecule has 1 aromatic rings. The van der Waals surface area contributed by atoms with E-state index in [-0.39, 0.29) is 41.5 Å². The summed E-state index contributed by atoms with van der Waals surface area (Å²) in [7, 11) is -4.34.